The Labute approximate surface area is 297 Å². The number of anilines is 1. The number of fused-ring (bicyclic) bond motifs is 3. The van der Waals surface area contributed by atoms with Crippen molar-refractivity contribution >= 4 is 57.3 Å². The number of hydrogen-bond acceptors (Lipinski definition) is 7. The molecule has 11 heteroatoms. The van der Waals surface area contributed by atoms with Crippen molar-refractivity contribution in [2.24, 2.45) is 4.99 Å². The first kappa shape index (κ1) is 36.3. The van der Waals surface area contributed by atoms with Crippen LogP contribution in [-0.2, 0) is 27.4 Å². The van der Waals surface area contributed by atoms with Crippen molar-refractivity contribution < 1.29 is 33.2 Å². The minimum Gasteiger partial charge on any atom is -0.444 e. The van der Waals surface area contributed by atoms with Crippen LogP contribution in [0.3, 0.4) is 0 Å². The maximum absolute atomic E-state index is 12.8. The minimum atomic E-state index is -0.786. The Bertz CT molecular complexity index is 2050. The van der Waals surface area contributed by atoms with E-state index in [0.717, 1.165) is 38.5 Å². The number of ether oxygens (including phenoxy) is 3. The normalized spacial score (nSPS) is 11.4. The number of amides is 3. The van der Waals surface area contributed by atoms with E-state index in [2.05, 4.69) is 32.4 Å². The summed E-state index contributed by atoms with van der Waals surface area (Å²) in [5.74, 6) is -0.155. The number of hydrogen-bond donors (Lipinski definition) is 3. The van der Waals surface area contributed by atoms with Gasteiger partial charge in [0.05, 0.1) is 22.1 Å². The third-order valence-corrected chi connectivity index (χ3v) is 7.41. The summed E-state index contributed by atoms with van der Waals surface area (Å²) < 4.78 is 18.5. The topological polar surface area (TPSA) is 131 Å². The van der Waals surface area contributed by atoms with Crippen molar-refractivity contribution in [1.29, 1.82) is 0 Å². The van der Waals surface area contributed by atoms with Gasteiger partial charge in [-0.1, -0.05) is 54.6 Å². The maximum atomic E-state index is 12.8. The first-order valence-corrected chi connectivity index (χ1v) is 16.7. The van der Waals surface area contributed by atoms with Crippen LogP contribution in [0.25, 0.3) is 32.9 Å². The zero-order chi connectivity index (χ0) is 36.8. The Morgan fingerprint density at radius 2 is 1.27 bits per heavy atom. The Kier molecular flexibility index (Phi) is 10.9. The second-order valence-electron chi connectivity index (χ2n) is 13.8. The number of rotatable bonds is 6. The molecule has 0 aliphatic rings. The molecule has 0 radical (unpaired) electrons. The van der Waals surface area contributed by atoms with E-state index in [1.807, 2.05) is 91.0 Å². The van der Waals surface area contributed by atoms with Gasteiger partial charge in [0, 0.05) is 17.0 Å². The monoisotopic (exact) mass is 690 g/mol. The molecule has 5 aromatic rings. The van der Waals surface area contributed by atoms with Crippen LogP contribution < -0.4 is 20.5 Å². The van der Waals surface area contributed by atoms with E-state index in [0.29, 0.717) is 17.9 Å². The number of nitrogens with zero attached hydrogens (tertiary/aromatic N) is 2. The molecule has 1 aromatic heterocycles. The van der Waals surface area contributed by atoms with Crippen LogP contribution in [0, 0.1) is 0 Å². The third kappa shape index (κ3) is 9.81. The molecule has 0 saturated carbocycles. The highest BCUT2D eigenvalue weighted by Crippen LogP contribution is 2.35. The third-order valence-electron chi connectivity index (χ3n) is 7.41. The molecule has 0 spiro atoms. The summed E-state index contributed by atoms with van der Waals surface area (Å²) in [6, 6.07) is 30.9. The van der Waals surface area contributed by atoms with E-state index in [4.69, 9.17) is 14.2 Å². The quantitative estimate of drug-likeness (QED) is 0.0537. The molecule has 5 rings (SSSR count). The van der Waals surface area contributed by atoms with Gasteiger partial charge in [-0.15, -0.1) is 0 Å². The van der Waals surface area contributed by atoms with Gasteiger partial charge in [0.1, 0.15) is 24.4 Å². The van der Waals surface area contributed by atoms with Crippen molar-refractivity contribution in [3.63, 3.8) is 0 Å². The highest BCUT2D eigenvalue weighted by molar-refractivity contribution is 6.11. The van der Waals surface area contributed by atoms with Crippen LogP contribution in [-0.4, -0.2) is 35.4 Å². The molecule has 4 aromatic carbocycles. The fourth-order valence-electron chi connectivity index (χ4n) is 5.49. The molecule has 0 fully saturated rings. The highest BCUT2D eigenvalue weighted by Gasteiger charge is 2.25. The molecule has 51 heavy (non-hydrogen) atoms. The van der Waals surface area contributed by atoms with Gasteiger partial charge in [-0.25, -0.2) is 19.4 Å². The molecule has 1 heterocycles. The number of carbonyl (C=O) groups excluding carboxylic acids is 3. The van der Waals surface area contributed by atoms with Crippen molar-refractivity contribution in [1.82, 2.24) is 10.6 Å². The summed E-state index contributed by atoms with van der Waals surface area (Å²) in [6.45, 7) is 13.3. The number of aryl methyl sites for hydroxylation is 1. The number of aromatic nitrogens is 1. The number of guanidine groups is 1. The lowest BCUT2D eigenvalue weighted by atomic mass is 9.98. The Morgan fingerprint density at radius 1 is 0.686 bits per heavy atom. The largest absolute Gasteiger partial charge is 0.444 e. The number of nitrogens with one attached hydrogen (secondary N) is 3. The Balaban J connectivity index is 1.58. The molecule has 11 nitrogen and oxygen atoms in total. The molecule has 0 aliphatic heterocycles. The van der Waals surface area contributed by atoms with E-state index >= 15 is 0 Å². The minimum absolute atomic E-state index is 0.155. The smallest absolute Gasteiger partial charge is 0.414 e. The van der Waals surface area contributed by atoms with Gasteiger partial charge in [-0.05, 0) is 90.4 Å². The van der Waals surface area contributed by atoms with E-state index in [9.17, 15) is 14.4 Å². The van der Waals surface area contributed by atoms with Crippen LogP contribution in [0.4, 0.5) is 25.8 Å². The van der Waals surface area contributed by atoms with Crippen LogP contribution in [0.5, 0.6) is 0 Å². The summed E-state index contributed by atoms with van der Waals surface area (Å²) in [4.78, 5) is 42.9. The SMILES string of the molecule is CC[n+]1c(-c2ccccc2)c2cc(N=C(NC(=O)OC(C)(C)C)NC(=O)OC(C)(C)C)ccc2c2ccc(NC(=O)OCc3ccccc3)cc21. The number of benzene rings is 4. The molecule has 3 N–H and O–H groups in total. The molecular weight excluding hydrogens is 646 g/mol. The van der Waals surface area contributed by atoms with Gasteiger partial charge in [-0.3, -0.25) is 16.0 Å². The Hall–Kier alpha value is -5.97. The van der Waals surface area contributed by atoms with Crippen LogP contribution in [0.1, 0.15) is 54.0 Å². The predicted molar refractivity (Wildman–Crippen MR) is 199 cm³/mol. The molecule has 0 bridgehead atoms. The lowest BCUT2D eigenvalue weighted by Crippen LogP contribution is -2.47. The van der Waals surface area contributed by atoms with Gasteiger partial charge in [0.15, 0.2) is 0 Å². The van der Waals surface area contributed by atoms with Crippen molar-refractivity contribution in [3.05, 3.63) is 103 Å². The molecular formula is C40H44N5O6+. The van der Waals surface area contributed by atoms with Gasteiger partial charge in [-0.2, -0.15) is 4.57 Å². The van der Waals surface area contributed by atoms with Crippen LogP contribution >= 0.6 is 0 Å². The standard InChI is InChI=1S/C40H43N5O6/c1-8-45-33-24-29(42-36(46)49-25-26-15-11-9-12-16-26)20-22-31(33)30-21-19-28(23-32(30)34(45)27-17-13-10-14-18-27)41-35(43-37(47)50-39(2,3)4)44-38(48)51-40(5,6)7/h9-24H,8,25H2,1-7H3,(H2,41,43,44,47,48)/p+1. The summed E-state index contributed by atoms with van der Waals surface area (Å²) >= 11 is 0. The van der Waals surface area contributed by atoms with Gasteiger partial charge in [0.2, 0.25) is 17.2 Å². The van der Waals surface area contributed by atoms with E-state index in [1.165, 1.54) is 0 Å². The van der Waals surface area contributed by atoms with E-state index in [-0.39, 0.29) is 12.6 Å². The van der Waals surface area contributed by atoms with E-state index in [1.54, 1.807) is 47.6 Å². The van der Waals surface area contributed by atoms with Crippen LogP contribution in [0.2, 0.25) is 0 Å². The first-order valence-electron chi connectivity index (χ1n) is 16.7. The lowest BCUT2D eigenvalue weighted by molar-refractivity contribution is -0.655. The predicted octanol–water partition coefficient (Wildman–Crippen LogP) is 8.75. The van der Waals surface area contributed by atoms with Crippen molar-refractivity contribution in [2.45, 2.75) is 72.8 Å². The molecule has 0 unspecified atom stereocenters. The lowest BCUT2D eigenvalue weighted by Gasteiger charge is -2.22. The molecule has 0 aliphatic carbocycles. The fourth-order valence-corrected chi connectivity index (χ4v) is 5.49. The molecule has 264 valence electrons. The second-order valence-corrected chi connectivity index (χ2v) is 13.8. The van der Waals surface area contributed by atoms with E-state index < -0.39 is 29.5 Å². The average molecular weight is 691 g/mol. The first-order chi connectivity index (χ1) is 24.2. The zero-order valence-electron chi connectivity index (χ0n) is 30.0. The van der Waals surface area contributed by atoms with Crippen LogP contribution in [0.15, 0.2) is 102 Å². The zero-order valence-corrected chi connectivity index (χ0v) is 30.0. The van der Waals surface area contributed by atoms with Gasteiger partial charge < -0.3 is 14.2 Å². The summed E-state index contributed by atoms with van der Waals surface area (Å²) in [5, 5.41) is 10.7. The summed E-state index contributed by atoms with van der Waals surface area (Å²) in [7, 11) is 0. The maximum Gasteiger partial charge on any atom is 0.414 e. The second kappa shape index (κ2) is 15.3. The molecule has 0 saturated heterocycles. The van der Waals surface area contributed by atoms with Gasteiger partial charge in [0.25, 0.3) is 0 Å². The number of alkyl carbamates (subject to hydrolysis) is 2. The van der Waals surface area contributed by atoms with Gasteiger partial charge >= 0.3 is 18.3 Å². The summed E-state index contributed by atoms with van der Waals surface area (Å²) in [6.07, 6.45) is -2.12. The Morgan fingerprint density at radius 3 is 1.86 bits per heavy atom. The average Bonchev–Trinajstić information content (AvgIpc) is 3.05. The van der Waals surface area contributed by atoms with Crippen molar-refractivity contribution in [3.8, 4) is 11.3 Å². The number of pyridine rings is 1. The number of aliphatic imine (C=N–C) groups is 1. The fraction of sp³-hybridized carbons (Fsp3) is 0.275. The van der Waals surface area contributed by atoms with Crippen molar-refractivity contribution in [2.75, 3.05) is 5.32 Å². The molecule has 0 atom stereocenters. The molecule has 3 amide bonds. The highest BCUT2D eigenvalue weighted by atomic mass is 16.6. The summed E-state index contributed by atoms with van der Waals surface area (Å²) in [5.41, 5.74) is 3.18. The number of carbonyl (C=O) groups is 3.